The second-order valence-electron chi connectivity index (χ2n) is 10.9. The number of hydrogen-bond donors (Lipinski definition) is 2. The van der Waals surface area contributed by atoms with Crippen LogP contribution in [0.15, 0.2) is 83.7 Å². The van der Waals surface area contributed by atoms with Gasteiger partial charge in [0.25, 0.3) is 0 Å². The summed E-state index contributed by atoms with van der Waals surface area (Å²) in [6, 6.07) is 2.04. The van der Waals surface area contributed by atoms with Gasteiger partial charge in [-0.1, -0.05) is 56.3 Å². The summed E-state index contributed by atoms with van der Waals surface area (Å²) in [7, 11) is -6.19. The van der Waals surface area contributed by atoms with Crippen molar-refractivity contribution < 1.29 is 61.1 Å². The molecule has 0 radical (unpaired) electrons. The van der Waals surface area contributed by atoms with Crippen LogP contribution in [-0.4, -0.2) is 70.9 Å². The molecule has 3 aromatic rings. The SMILES string of the molecule is [2H]c1c([2H])c(S(=O)(=O)N(C([2H])C(C)C)C([2H])([2H])[C@@]([2H])(O)[C@@]([2H])(N(C(=O)O)C(C)(C)C)C([2H])([2H])c2ccc(OCc3ccccc3)cc2)c([2H])c([2H])c1OC(F)(F)F. The van der Waals surface area contributed by atoms with Gasteiger partial charge in [-0.05, 0) is 80.5 Å². The summed E-state index contributed by atoms with van der Waals surface area (Å²) in [5, 5.41) is 22.6. The van der Waals surface area contributed by atoms with Gasteiger partial charge < -0.3 is 19.7 Å². The number of carboxylic acid groups (broad SMARTS) is 1. The van der Waals surface area contributed by atoms with E-state index in [1.54, 1.807) is 30.3 Å². The zero-order valence-corrected chi connectivity index (χ0v) is 26.2. The number of alkyl halides is 3. The predicted octanol–water partition coefficient (Wildman–Crippen LogP) is 6.56. The molecule has 3 rings (SSSR count). The van der Waals surface area contributed by atoms with E-state index in [1.165, 1.54) is 12.1 Å². The first-order chi connectivity index (χ1) is 25.7. The Hall–Kier alpha value is -3.81. The minimum Gasteiger partial charge on any atom is -0.489 e. The van der Waals surface area contributed by atoms with Crippen LogP contribution in [-0.2, 0) is 23.0 Å². The van der Waals surface area contributed by atoms with Crippen LogP contribution in [0.2, 0.25) is 0 Å². The first-order valence-corrected chi connectivity index (χ1v) is 15.0. The molecular weight excluding hydrogens is 625 g/mol. The van der Waals surface area contributed by atoms with E-state index in [0.29, 0.717) is 0 Å². The zero-order valence-electron chi connectivity index (χ0n) is 36.4. The quantitative estimate of drug-likeness (QED) is 0.199. The second kappa shape index (κ2) is 15.2. The molecule has 0 aliphatic heterocycles. The Morgan fingerprint density at radius 1 is 0.978 bits per heavy atom. The highest BCUT2D eigenvalue weighted by Crippen LogP contribution is 2.28. The maximum atomic E-state index is 14.5. The molecule has 3 atom stereocenters. The van der Waals surface area contributed by atoms with Crippen molar-refractivity contribution in [1.29, 1.82) is 0 Å². The van der Waals surface area contributed by atoms with Gasteiger partial charge in [0.05, 0.1) is 25.2 Å². The van der Waals surface area contributed by atoms with E-state index < -0.39 is 110 Å². The van der Waals surface area contributed by atoms with E-state index >= 15 is 0 Å². The Bertz CT molecular complexity index is 2030. The van der Waals surface area contributed by atoms with Crippen molar-refractivity contribution in [3.05, 3.63) is 89.9 Å². The van der Waals surface area contributed by atoms with Gasteiger partial charge in [0.15, 0.2) is 0 Å². The smallest absolute Gasteiger partial charge is 0.489 e. The van der Waals surface area contributed by atoms with Crippen molar-refractivity contribution in [2.45, 2.75) is 76.5 Å². The van der Waals surface area contributed by atoms with E-state index in [1.807, 2.05) is 0 Å². The first kappa shape index (κ1) is 23.5. The number of sulfonamides is 1. The van der Waals surface area contributed by atoms with E-state index in [-0.39, 0.29) is 17.3 Å². The monoisotopic (exact) mass is 677 g/mol. The lowest BCUT2D eigenvalue weighted by atomic mass is 9.94. The van der Waals surface area contributed by atoms with Crippen LogP contribution in [0.5, 0.6) is 11.5 Å². The lowest BCUT2D eigenvalue weighted by molar-refractivity contribution is -0.274. The van der Waals surface area contributed by atoms with Crippen molar-refractivity contribution in [3.8, 4) is 11.5 Å². The van der Waals surface area contributed by atoms with Crippen LogP contribution >= 0.6 is 0 Å². The third-order valence-corrected chi connectivity index (χ3v) is 7.09. The third kappa shape index (κ3) is 10.6. The van der Waals surface area contributed by atoms with Gasteiger partial charge in [-0.2, -0.15) is 4.31 Å². The van der Waals surface area contributed by atoms with Gasteiger partial charge >= 0.3 is 12.5 Å². The second-order valence-corrected chi connectivity index (χ2v) is 12.7. The highest BCUT2D eigenvalue weighted by atomic mass is 32.2. The summed E-state index contributed by atoms with van der Waals surface area (Å²) in [6.45, 7) is -1.50. The number of benzene rings is 3. The minimum atomic E-state index is -6.19. The van der Waals surface area contributed by atoms with E-state index in [2.05, 4.69) is 4.74 Å². The summed E-state index contributed by atoms with van der Waals surface area (Å²) in [5.74, 6) is -2.99. The largest absolute Gasteiger partial charge is 0.573 e. The fraction of sp³-hybridized carbons (Fsp3) is 0.424. The summed E-state index contributed by atoms with van der Waals surface area (Å²) >= 11 is 0. The number of amides is 1. The summed E-state index contributed by atoms with van der Waals surface area (Å²) < 4.78 is 173. The molecule has 0 bridgehead atoms. The molecule has 3 aromatic carbocycles. The molecule has 0 saturated carbocycles. The van der Waals surface area contributed by atoms with Crippen LogP contribution < -0.4 is 9.47 Å². The topological polar surface area (TPSA) is 117 Å². The Morgan fingerprint density at radius 3 is 2.07 bits per heavy atom. The molecule has 2 N–H and O–H groups in total. The van der Waals surface area contributed by atoms with Crippen LogP contribution in [0.1, 0.15) is 60.8 Å². The van der Waals surface area contributed by atoms with Gasteiger partial charge in [0, 0.05) is 25.4 Å². The van der Waals surface area contributed by atoms with E-state index in [4.69, 9.17) is 15.7 Å². The molecule has 0 heterocycles. The Balaban J connectivity index is 2.39. The molecule has 46 heavy (non-hydrogen) atoms. The van der Waals surface area contributed by atoms with Crippen molar-refractivity contribution in [1.82, 2.24) is 9.21 Å². The van der Waals surface area contributed by atoms with Gasteiger partial charge in [-0.15, -0.1) is 13.2 Å². The van der Waals surface area contributed by atoms with Crippen LogP contribution in [0.4, 0.5) is 18.0 Å². The highest BCUT2D eigenvalue weighted by Gasteiger charge is 2.40. The van der Waals surface area contributed by atoms with Crippen LogP contribution in [0.3, 0.4) is 0 Å². The van der Waals surface area contributed by atoms with Gasteiger partial charge in [0.1, 0.15) is 18.1 Å². The zero-order chi connectivity index (χ0) is 44.1. The van der Waals surface area contributed by atoms with E-state index in [9.17, 15) is 40.7 Å². The molecular formula is C33H41F3N2O7S. The number of aliphatic hydroxyl groups is 1. The predicted molar refractivity (Wildman–Crippen MR) is 167 cm³/mol. The van der Waals surface area contributed by atoms with Crippen LogP contribution in [0.25, 0.3) is 0 Å². The average Bonchev–Trinajstić information content (AvgIpc) is 3.07. The number of carbonyl (C=O) groups is 1. The van der Waals surface area contributed by atoms with E-state index in [0.717, 1.165) is 52.3 Å². The fourth-order valence-corrected chi connectivity index (χ4v) is 4.91. The minimum absolute atomic E-state index is 0.0506. The van der Waals surface area contributed by atoms with Crippen molar-refractivity contribution >= 4 is 16.1 Å². The first-order valence-electron chi connectivity index (χ1n) is 19.1. The van der Waals surface area contributed by atoms with Gasteiger partial charge in [0.2, 0.25) is 10.0 Å². The molecule has 0 aliphatic carbocycles. The molecule has 1 unspecified atom stereocenters. The lowest BCUT2D eigenvalue weighted by Crippen LogP contribution is -2.58. The molecule has 0 aliphatic rings. The maximum Gasteiger partial charge on any atom is 0.573 e. The molecule has 1 amide bonds. The maximum absolute atomic E-state index is 14.5. The molecule has 13 heteroatoms. The summed E-state index contributed by atoms with van der Waals surface area (Å²) in [6.07, 6.45) is -16.1. The van der Waals surface area contributed by atoms with Gasteiger partial charge in [-0.3, -0.25) is 4.90 Å². The normalized spacial score (nSPS) is 19.9. The Labute approximate surface area is 283 Å². The highest BCUT2D eigenvalue weighted by molar-refractivity contribution is 7.89. The number of rotatable bonds is 14. The average molecular weight is 678 g/mol. The number of hydrogen-bond acceptors (Lipinski definition) is 6. The number of ether oxygens (including phenoxy) is 2. The summed E-state index contributed by atoms with van der Waals surface area (Å²) in [4.78, 5) is 11.0. The standard InChI is InChI=1S/C33H41F3N2O7S/c1-23(2)20-37(46(42,43)28-17-15-27(16-18-28)45-33(34,35)36)21-30(39)29(38(31(40)41)32(3,4)5)19-24-11-13-26(14-12-24)44-22-25-9-7-6-8-10-25/h6-18,23,29-30,39H,19-22H2,1-5H3,(H,40,41)/t29-,30+/m0/s1/i15D,16D,17D,18D,19D2,20D,21D2,29D,30D/t20?,29-,30+. The molecule has 0 saturated heterocycles. The fourth-order valence-electron chi connectivity index (χ4n) is 3.74. The number of halogens is 3. The molecule has 0 aromatic heterocycles. The van der Waals surface area contributed by atoms with Gasteiger partial charge in [-0.25, -0.2) is 13.2 Å². The molecule has 0 spiro atoms. The summed E-state index contributed by atoms with van der Waals surface area (Å²) in [5.41, 5.74) is -1.90. The molecule has 9 nitrogen and oxygen atoms in total. The van der Waals surface area contributed by atoms with Crippen molar-refractivity contribution in [3.63, 3.8) is 0 Å². The molecule has 252 valence electrons. The molecule has 0 fully saturated rings. The lowest BCUT2D eigenvalue weighted by Gasteiger charge is -2.42. The third-order valence-electron chi connectivity index (χ3n) is 5.64. The Morgan fingerprint density at radius 2 is 1.57 bits per heavy atom. The number of nitrogens with zero attached hydrogens (tertiary/aromatic N) is 2. The Kier molecular flexibility index (Phi) is 7.76. The van der Waals surface area contributed by atoms with Crippen molar-refractivity contribution in [2.75, 3.05) is 13.0 Å². The van der Waals surface area contributed by atoms with Crippen LogP contribution in [0, 0.1) is 5.92 Å². The van der Waals surface area contributed by atoms with Crippen molar-refractivity contribution in [2.24, 2.45) is 5.92 Å².